The first-order valence-electron chi connectivity index (χ1n) is 11.5. The van der Waals surface area contributed by atoms with Gasteiger partial charge in [-0.05, 0) is 78.2 Å². The van der Waals surface area contributed by atoms with Crippen LogP contribution in [0.1, 0.15) is 31.9 Å². The lowest BCUT2D eigenvalue weighted by Crippen LogP contribution is -2.55. The van der Waals surface area contributed by atoms with Gasteiger partial charge in [0.2, 0.25) is 5.91 Å². The van der Waals surface area contributed by atoms with Crippen molar-refractivity contribution in [1.82, 2.24) is 10.2 Å². The molecule has 0 saturated heterocycles. The first-order valence-corrected chi connectivity index (χ1v) is 13.5. The van der Waals surface area contributed by atoms with Crippen LogP contribution in [0.15, 0.2) is 81.7 Å². The summed E-state index contributed by atoms with van der Waals surface area (Å²) in [6.45, 7) is 5.78. The second-order valence-corrected chi connectivity index (χ2v) is 11.7. The van der Waals surface area contributed by atoms with Crippen LogP contribution >= 0.6 is 43.5 Å². The maximum Gasteiger partial charge on any atom is 0.261 e. The standard InChI is InChI=1S/C28H29Br2ClN2O3/c1-28(2,3)32-27(35)24(15-19-8-5-4-6-9-19)33(17-20-10-7-11-21(29)14-20)26(34)18-36-25-13-12-22(31)16-23(25)30/h4-14,16,24H,15,17-18H2,1-3H3,(H,32,35). The molecular weight excluding hydrogens is 608 g/mol. The lowest BCUT2D eigenvalue weighted by molar-refractivity contribution is -0.143. The molecule has 8 heteroatoms. The normalized spacial score (nSPS) is 12.1. The van der Waals surface area contributed by atoms with Crippen molar-refractivity contribution < 1.29 is 14.3 Å². The van der Waals surface area contributed by atoms with Crippen LogP contribution in [0.3, 0.4) is 0 Å². The third-order valence-corrected chi connectivity index (χ3v) is 6.60. The lowest BCUT2D eigenvalue weighted by atomic mass is 10.0. The van der Waals surface area contributed by atoms with Crippen molar-refractivity contribution in [3.8, 4) is 5.75 Å². The number of hydrogen-bond donors (Lipinski definition) is 1. The molecule has 3 rings (SSSR count). The number of halogens is 3. The van der Waals surface area contributed by atoms with Crippen LogP contribution in [0.4, 0.5) is 0 Å². The lowest BCUT2D eigenvalue weighted by Gasteiger charge is -2.33. The van der Waals surface area contributed by atoms with Crippen LogP contribution in [-0.2, 0) is 22.6 Å². The molecule has 2 amide bonds. The molecule has 0 fully saturated rings. The molecule has 0 radical (unpaired) electrons. The van der Waals surface area contributed by atoms with Crippen LogP contribution < -0.4 is 10.1 Å². The first kappa shape index (κ1) is 28.2. The molecule has 0 aliphatic heterocycles. The summed E-state index contributed by atoms with van der Waals surface area (Å²) in [5.74, 6) is -0.0295. The number of ether oxygens (including phenoxy) is 1. The Balaban J connectivity index is 1.94. The summed E-state index contributed by atoms with van der Waals surface area (Å²) in [5, 5.41) is 3.61. The summed E-state index contributed by atoms with van der Waals surface area (Å²) in [7, 11) is 0. The smallest absolute Gasteiger partial charge is 0.261 e. The number of carbonyl (C=O) groups is 2. The molecule has 0 aliphatic rings. The Kier molecular flexibility index (Phi) is 10.00. The van der Waals surface area contributed by atoms with Gasteiger partial charge in [-0.3, -0.25) is 9.59 Å². The molecule has 3 aromatic rings. The van der Waals surface area contributed by atoms with Gasteiger partial charge in [-0.15, -0.1) is 0 Å². The minimum Gasteiger partial charge on any atom is -0.483 e. The highest BCUT2D eigenvalue weighted by Gasteiger charge is 2.32. The number of nitrogens with one attached hydrogen (secondary N) is 1. The van der Waals surface area contributed by atoms with E-state index in [0.29, 0.717) is 21.7 Å². The fourth-order valence-electron chi connectivity index (χ4n) is 3.65. The third kappa shape index (κ3) is 8.64. The molecule has 1 unspecified atom stereocenters. The second kappa shape index (κ2) is 12.7. The fourth-order valence-corrected chi connectivity index (χ4v) is 4.90. The van der Waals surface area contributed by atoms with Gasteiger partial charge in [0.25, 0.3) is 5.91 Å². The topological polar surface area (TPSA) is 58.6 Å². The monoisotopic (exact) mass is 634 g/mol. The van der Waals surface area contributed by atoms with Crippen LogP contribution in [0.5, 0.6) is 5.75 Å². The Labute approximate surface area is 234 Å². The number of amides is 2. The Bertz CT molecular complexity index is 1200. The average Bonchev–Trinajstić information content (AvgIpc) is 2.80. The van der Waals surface area contributed by atoms with Gasteiger partial charge in [0.05, 0.1) is 4.47 Å². The molecule has 0 aliphatic carbocycles. The molecule has 1 N–H and O–H groups in total. The molecule has 0 bridgehead atoms. The zero-order chi connectivity index (χ0) is 26.3. The zero-order valence-corrected chi connectivity index (χ0v) is 24.4. The van der Waals surface area contributed by atoms with E-state index in [2.05, 4.69) is 37.2 Å². The Morgan fingerprint density at radius 1 is 0.972 bits per heavy atom. The van der Waals surface area contributed by atoms with Gasteiger partial charge < -0.3 is 15.0 Å². The van der Waals surface area contributed by atoms with E-state index in [1.54, 1.807) is 23.1 Å². The van der Waals surface area contributed by atoms with Gasteiger partial charge in [-0.25, -0.2) is 0 Å². The van der Waals surface area contributed by atoms with Crippen molar-refractivity contribution in [3.05, 3.63) is 97.9 Å². The number of benzene rings is 3. The highest BCUT2D eigenvalue weighted by molar-refractivity contribution is 9.10. The van der Waals surface area contributed by atoms with E-state index in [9.17, 15) is 9.59 Å². The van der Waals surface area contributed by atoms with Crippen molar-refractivity contribution in [2.24, 2.45) is 0 Å². The fraction of sp³-hybridized carbons (Fsp3) is 0.286. The molecular formula is C28H29Br2ClN2O3. The van der Waals surface area contributed by atoms with Gasteiger partial charge >= 0.3 is 0 Å². The van der Waals surface area contributed by atoms with Crippen LogP contribution in [0, 0.1) is 0 Å². The van der Waals surface area contributed by atoms with Gasteiger partial charge in [-0.2, -0.15) is 0 Å². The molecule has 0 saturated carbocycles. The molecule has 1 atom stereocenters. The molecule has 5 nitrogen and oxygen atoms in total. The van der Waals surface area contributed by atoms with E-state index >= 15 is 0 Å². The molecule has 3 aromatic carbocycles. The van der Waals surface area contributed by atoms with Crippen molar-refractivity contribution in [2.75, 3.05) is 6.61 Å². The van der Waals surface area contributed by atoms with E-state index in [1.165, 1.54) is 0 Å². The predicted octanol–water partition coefficient (Wildman–Crippen LogP) is 6.80. The molecule has 0 heterocycles. The summed E-state index contributed by atoms with van der Waals surface area (Å²) in [4.78, 5) is 28.8. The third-order valence-electron chi connectivity index (χ3n) is 5.26. The van der Waals surface area contributed by atoms with E-state index in [-0.39, 0.29) is 25.0 Å². The molecule has 36 heavy (non-hydrogen) atoms. The number of nitrogens with zero attached hydrogens (tertiary/aromatic N) is 1. The van der Waals surface area contributed by atoms with Crippen LogP contribution in [0.25, 0.3) is 0 Å². The Hall–Kier alpha value is -2.35. The van der Waals surface area contributed by atoms with E-state index in [1.807, 2.05) is 75.4 Å². The van der Waals surface area contributed by atoms with E-state index in [0.717, 1.165) is 15.6 Å². The summed E-state index contributed by atoms with van der Waals surface area (Å²) < 4.78 is 7.38. The zero-order valence-electron chi connectivity index (χ0n) is 20.4. The van der Waals surface area contributed by atoms with Crippen LogP contribution in [0.2, 0.25) is 5.02 Å². The predicted molar refractivity (Wildman–Crippen MR) is 151 cm³/mol. The second-order valence-electron chi connectivity index (χ2n) is 9.46. The summed E-state index contributed by atoms with van der Waals surface area (Å²) in [6.07, 6.45) is 0.368. The van der Waals surface area contributed by atoms with Crippen molar-refractivity contribution in [3.63, 3.8) is 0 Å². The van der Waals surface area contributed by atoms with Gasteiger partial charge in [0.15, 0.2) is 6.61 Å². The molecule has 0 spiro atoms. The number of rotatable bonds is 9. The maximum atomic E-state index is 13.7. The van der Waals surface area contributed by atoms with E-state index in [4.69, 9.17) is 16.3 Å². The van der Waals surface area contributed by atoms with Gasteiger partial charge in [-0.1, -0.05) is 70.0 Å². The summed E-state index contributed by atoms with van der Waals surface area (Å²) in [6, 6.07) is 21.8. The highest BCUT2D eigenvalue weighted by atomic mass is 79.9. The van der Waals surface area contributed by atoms with Crippen molar-refractivity contribution >= 4 is 55.3 Å². The minimum atomic E-state index is -0.740. The SMILES string of the molecule is CC(C)(C)NC(=O)C(Cc1ccccc1)N(Cc1cccc(Br)c1)C(=O)COc1ccc(Cl)cc1Br. The number of hydrogen-bond acceptors (Lipinski definition) is 3. The van der Waals surface area contributed by atoms with Crippen molar-refractivity contribution in [1.29, 1.82) is 0 Å². The van der Waals surface area contributed by atoms with E-state index < -0.39 is 11.6 Å². The minimum absolute atomic E-state index is 0.220. The molecule has 190 valence electrons. The first-order chi connectivity index (χ1) is 17.0. The average molecular weight is 637 g/mol. The number of carbonyl (C=O) groups excluding carboxylic acids is 2. The highest BCUT2D eigenvalue weighted by Crippen LogP contribution is 2.28. The summed E-state index contributed by atoms with van der Waals surface area (Å²) in [5.41, 5.74) is 1.40. The van der Waals surface area contributed by atoms with Crippen LogP contribution in [-0.4, -0.2) is 34.9 Å². The maximum absolute atomic E-state index is 13.7. The quantitative estimate of drug-likeness (QED) is 0.281. The largest absolute Gasteiger partial charge is 0.483 e. The Morgan fingerprint density at radius 3 is 2.31 bits per heavy atom. The molecule has 0 aromatic heterocycles. The summed E-state index contributed by atoms with van der Waals surface area (Å²) >= 11 is 13.0. The van der Waals surface area contributed by atoms with Gasteiger partial charge in [0, 0.05) is 28.0 Å². The Morgan fingerprint density at radius 2 is 1.67 bits per heavy atom. The van der Waals surface area contributed by atoms with Crippen molar-refractivity contribution in [2.45, 2.75) is 45.3 Å². The van der Waals surface area contributed by atoms with Gasteiger partial charge in [0.1, 0.15) is 11.8 Å².